The molecule has 0 saturated carbocycles. The van der Waals surface area contributed by atoms with Crippen molar-refractivity contribution < 1.29 is 18.3 Å². The maximum absolute atomic E-state index is 12.7. The van der Waals surface area contributed by atoms with E-state index in [1.54, 1.807) is 0 Å². The molecule has 4 nitrogen and oxygen atoms in total. The summed E-state index contributed by atoms with van der Waals surface area (Å²) < 4.78 is 36.6. The molecule has 2 heterocycles. The largest absolute Gasteiger partial charge is 0.381 e. The first-order valence-corrected chi connectivity index (χ1v) is 7.09. The van der Waals surface area contributed by atoms with E-state index in [1.165, 1.54) is 0 Å². The van der Waals surface area contributed by atoms with Gasteiger partial charge < -0.3 is 15.2 Å². The second-order valence-corrected chi connectivity index (χ2v) is 5.47. The number of hydrogen-bond acceptors (Lipinski definition) is 4. The summed E-state index contributed by atoms with van der Waals surface area (Å²) in [6, 6.07) is 0.157. The minimum Gasteiger partial charge on any atom is -0.381 e. The van der Waals surface area contributed by atoms with E-state index in [1.807, 2.05) is 4.90 Å². The summed E-state index contributed by atoms with van der Waals surface area (Å²) >= 11 is 0. The lowest BCUT2D eigenvalue weighted by molar-refractivity contribution is -0.153. The highest BCUT2D eigenvalue weighted by atomic mass is 19.3. The number of hydrogen-bond donors (Lipinski definition) is 1. The molecule has 0 aliphatic carbocycles. The first-order valence-electron chi connectivity index (χ1n) is 7.09. The Morgan fingerprint density at radius 3 is 2.63 bits per heavy atom. The third-order valence-electron chi connectivity index (χ3n) is 4.18. The molecular weight excluding hydrogens is 254 g/mol. The van der Waals surface area contributed by atoms with Crippen LogP contribution in [0.4, 0.5) is 8.78 Å². The molecule has 0 aromatic carbocycles. The van der Waals surface area contributed by atoms with Crippen molar-refractivity contribution in [2.45, 2.75) is 43.8 Å². The van der Waals surface area contributed by atoms with Crippen LogP contribution in [0.5, 0.6) is 0 Å². The van der Waals surface area contributed by atoms with Crippen LogP contribution >= 0.6 is 0 Å². The van der Waals surface area contributed by atoms with Crippen LogP contribution in [-0.2, 0) is 9.47 Å². The molecule has 2 N–H and O–H groups in total. The second kappa shape index (κ2) is 6.92. The number of ether oxygens (including phenoxy) is 2. The van der Waals surface area contributed by atoms with E-state index in [2.05, 4.69) is 0 Å². The molecule has 0 aromatic rings. The van der Waals surface area contributed by atoms with E-state index >= 15 is 0 Å². The van der Waals surface area contributed by atoms with Crippen LogP contribution in [0, 0.1) is 0 Å². The normalized spacial score (nSPS) is 27.3. The first-order chi connectivity index (χ1) is 9.15. The quantitative estimate of drug-likeness (QED) is 0.822. The van der Waals surface area contributed by atoms with Gasteiger partial charge in [-0.25, -0.2) is 8.78 Å². The zero-order chi connectivity index (χ0) is 13.7. The van der Waals surface area contributed by atoms with Crippen LogP contribution in [0.25, 0.3) is 0 Å². The van der Waals surface area contributed by atoms with Crippen molar-refractivity contribution in [3.63, 3.8) is 0 Å². The molecule has 2 rings (SSSR count). The van der Waals surface area contributed by atoms with Crippen LogP contribution in [-0.4, -0.2) is 62.4 Å². The fourth-order valence-electron chi connectivity index (χ4n) is 3.17. The highest BCUT2D eigenvalue weighted by molar-refractivity contribution is 4.92. The Morgan fingerprint density at radius 1 is 1.26 bits per heavy atom. The Balaban J connectivity index is 1.97. The number of nitrogens with two attached hydrogens (primary N) is 1. The Bertz CT molecular complexity index is 268. The van der Waals surface area contributed by atoms with Crippen molar-refractivity contribution in [2.24, 2.45) is 5.73 Å². The highest BCUT2D eigenvalue weighted by Gasteiger charge is 2.40. The smallest absolute Gasteiger partial charge is 0.251 e. The van der Waals surface area contributed by atoms with E-state index in [4.69, 9.17) is 15.2 Å². The summed E-state index contributed by atoms with van der Waals surface area (Å²) in [5.41, 5.74) is 5.39. The number of halogens is 2. The zero-order valence-corrected chi connectivity index (χ0v) is 11.3. The van der Waals surface area contributed by atoms with Crippen LogP contribution in [0.3, 0.4) is 0 Å². The Hall–Kier alpha value is -0.300. The van der Waals surface area contributed by atoms with Gasteiger partial charge in [0.25, 0.3) is 6.43 Å². The fraction of sp³-hybridized carbons (Fsp3) is 1.00. The first kappa shape index (κ1) is 15.1. The van der Waals surface area contributed by atoms with Gasteiger partial charge in [0.2, 0.25) is 0 Å². The molecule has 1 atom stereocenters. The Labute approximate surface area is 113 Å². The van der Waals surface area contributed by atoms with Gasteiger partial charge in [0.1, 0.15) is 0 Å². The highest BCUT2D eigenvalue weighted by Crippen LogP contribution is 2.36. The average molecular weight is 278 g/mol. The van der Waals surface area contributed by atoms with Gasteiger partial charge in [0.05, 0.1) is 12.1 Å². The Kier molecular flexibility index (Phi) is 5.50. The van der Waals surface area contributed by atoms with Gasteiger partial charge in [-0.2, -0.15) is 0 Å². The molecule has 2 fully saturated rings. The monoisotopic (exact) mass is 278 g/mol. The number of rotatable bonds is 5. The molecule has 2 aliphatic rings. The van der Waals surface area contributed by atoms with Crippen molar-refractivity contribution in [1.29, 1.82) is 0 Å². The third-order valence-corrected chi connectivity index (χ3v) is 4.18. The van der Waals surface area contributed by atoms with Gasteiger partial charge in [-0.3, -0.25) is 4.90 Å². The van der Waals surface area contributed by atoms with E-state index in [-0.39, 0.29) is 18.2 Å². The lowest BCUT2D eigenvalue weighted by atomic mass is 9.83. The van der Waals surface area contributed by atoms with Crippen LogP contribution in [0.15, 0.2) is 0 Å². The molecule has 1 unspecified atom stereocenters. The van der Waals surface area contributed by atoms with Crippen molar-refractivity contribution in [3.8, 4) is 0 Å². The van der Waals surface area contributed by atoms with E-state index in [0.29, 0.717) is 32.9 Å². The van der Waals surface area contributed by atoms with Crippen molar-refractivity contribution in [3.05, 3.63) is 0 Å². The summed E-state index contributed by atoms with van der Waals surface area (Å²) in [5.74, 6) is 0. The minimum atomic E-state index is -2.31. The molecule has 0 bridgehead atoms. The van der Waals surface area contributed by atoms with Crippen molar-refractivity contribution in [2.75, 3.05) is 39.5 Å². The lowest BCUT2D eigenvalue weighted by Crippen LogP contribution is -2.52. The Morgan fingerprint density at radius 2 is 2.00 bits per heavy atom. The predicted octanol–water partition coefficient (Wildman–Crippen LogP) is 1.24. The molecule has 1 spiro atoms. The molecule has 6 heteroatoms. The predicted molar refractivity (Wildman–Crippen MR) is 68.4 cm³/mol. The standard InChI is InChI=1S/C13H24F2N2O2/c14-12(15)10-17(5-4-16)11-1-6-19-13(9-11)2-7-18-8-3-13/h11-12H,1-10,16H2. The van der Waals surface area contributed by atoms with Gasteiger partial charge in [-0.05, 0) is 25.7 Å². The average Bonchev–Trinajstić information content (AvgIpc) is 2.39. The van der Waals surface area contributed by atoms with Crippen LogP contribution in [0.1, 0.15) is 25.7 Å². The summed E-state index contributed by atoms with van der Waals surface area (Å²) in [6.07, 6.45) is 1.07. The molecule has 0 aromatic heterocycles. The minimum absolute atomic E-state index is 0.157. The second-order valence-electron chi connectivity index (χ2n) is 5.47. The van der Waals surface area contributed by atoms with Gasteiger partial charge in [0, 0.05) is 39.0 Å². The molecular formula is C13H24F2N2O2. The third kappa shape index (κ3) is 4.08. The summed E-state index contributed by atoms with van der Waals surface area (Å²) in [4.78, 5) is 1.84. The van der Waals surface area contributed by atoms with E-state index in [0.717, 1.165) is 25.7 Å². The number of nitrogens with zero attached hydrogens (tertiary/aromatic N) is 1. The molecule has 2 saturated heterocycles. The van der Waals surface area contributed by atoms with Crippen molar-refractivity contribution >= 4 is 0 Å². The molecule has 0 amide bonds. The van der Waals surface area contributed by atoms with Gasteiger partial charge >= 0.3 is 0 Å². The summed E-state index contributed by atoms with van der Waals surface area (Å²) in [7, 11) is 0. The van der Waals surface area contributed by atoms with E-state index < -0.39 is 6.43 Å². The SMILES string of the molecule is NCCN(CC(F)F)C1CCOC2(CCOCC2)C1. The van der Waals surface area contributed by atoms with Crippen LogP contribution < -0.4 is 5.73 Å². The maximum Gasteiger partial charge on any atom is 0.251 e. The van der Waals surface area contributed by atoms with Gasteiger partial charge in [-0.1, -0.05) is 0 Å². The molecule has 112 valence electrons. The van der Waals surface area contributed by atoms with Crippen LogP contribution in [0.2, 0.25) is 0 Å². The number of alkyl halides is 2. The summed E-state index contributed by atoms with van der Waals surface area (Å²) in [6.45, 7) is 2.82. The topological polar surface area (TPSA) is 47.7 Å². The molecule has 0 radical (unpaired) electrons. The maximum atomic E-state index is 12.7. The fourth-order valence-corrected chi connectivity index (χ4v) is 3.17. The molecule has 19 heavy (non-hydrogen) atoms. The van der Waals surface area contributed by atoms with Crippen molar-refractivity contribution in [1.82, 2.24) is 4.90 Å². The zero-order valence-electron chi connectivity index (χ0n) is 11.3. The van der Waals surface area contributed by atoms with Gasteiger partial charge in [0.15, 0.2) is 0 Å². The lowest BCUT2D eigenvalue weighted by Gasteiger charge is -2.46. The summed E-state index contributed by atoms with van der Waals surface area (Å²) in [5, 5.41) is 0. The van der Waals surface area contributed by atoms with Gasteiger partial charge in [-0.15, -0.1) is 0 Å². The molecule has 2 aliphatic heterocycles. The van der Waals surface area contributed by atoms with E-state index in [9.17, 15) is 8.78 Å².